The highest BCUT2D eigenvalue weighted by Gasteiger charge is 2.22. The summed E-state index contributed by atoms with van der Waals surface area (Å²) in [6, 6.07) is 64.8. The van der Waals surface area contributed by atoms with Crippen molar-refractivity contribution in [1.29, 1.82) is 0 Å². The van der Waals surface area contributed by atoms with Crippen LogP contribution in [0.3, 0.4) is 0 Å². The molecular weight excluding hydrogens is 665 g/mol. The molecule has 0 fully saturated rings. The third-order valence-electron chi connectivity index (χ3n) is 10.3. The van der Waals surface area contributed by atoms with Crippen LogP contribution in [0.2, 0.25) is 0 Å². The molecule has 0 N–H and O–H groups in total. The standard InChI is InChI=1S/C48H30N4S/c1-3-16-32(17-4-1)51-42-26-10-8-20-34(42)36-22-13-24-38(46(36)51)40-30-41(50-48(49-40)45-29-31-15-7-12-28-44(31)53-45)39-25-14-23-37-35-21-9-11-27-43(35)52(47(37)39)33-18-5-2-6-19-33/h1-30H. The first-order valence-corrected chi connectivity index (χ1v) is 18.7. The molecule has 248 valence electrons. The summed E-state index contributed by atoms with van der Waals surface area (Å²) in [7, 11) is 0. The van der Waals surface area contributed by atoms with Gasteiger partial charge in [0.15, 0.2) is 5.82 Å². The van der Waals surface area contributed by atoms with Gasteiger partial charge in [0.1, 0.15) is 0 Å². The summed E-state index contributed by atoms with van der Waals surface area (Å²) in [6.07, 6.45) is 0. The second-order valence-corrected chi connectivity index (χ2v) is 14.5. The van der Waals surface area contributed by atoms with Gasteiger partial charge in [-0.2, -0.15) is 0 Å². The lowest BCUT2D eigenvalue weighted by Crippen LogP contribution is -2.00. The molecule has 0 spiro atoms. The quantitative estimate of drug-likeness (QED) is 0.180. The van der Waals surface area contributed by atoms with Gasteiger partial charge < -0.3 is 9.13 Å². The Kier molecular flexibility index (Phi) is 6.69. The number of hydrogen-bond acceptors (Lipinski definition) is 3. The number of thiophene rings is 1. The Labute approximate surface area is 309 Å². The Bertz CT molecular complexity index is 2960. The summed E-state index contributed by atoms with van der Waals surface area (Å²) in [6.45, 7) is 0. The maximum absolute atomic E-state index is 5.43. The number of fused-ring (bicyclic) bond motifs is 7. The van der Waals surface area contributed by atoms with E-state index >= 15 is 0 Å². The number of benzene rings is 7. The third-order valence-corrected chi connectivity index (χ3v) is 11.5. The molecule has 0 amide bonds. The molecule has 0 bridgehead atoms. The first kappa shape index (κ1) is 29.9. The highest BCUT2D eigenvalue weighted by Crippen LogP contribution is 2.42. The Balaban J connectivity index is 1.25. The summed E-state index contributed by atoms with van der Waals surface area (Å²) in [5.74, 6) is 0.720. The highest BCUT2D eigenvalue weighted by molar-refractivity contribution is 7.22. The molecule has 4 nitrogen and oxygen atoms in total. The zero-order valence-electron chi connectivity index (χ0n) is 28.5. The Hall–Kier alpha value is -6.82. The van der Waals surface area contributed by atoms with Crippen molar-refractivity contribution in [2.24, 2.45) is 0 Å². The minimum atomic E-state index is 0.720. The van der Waals surface area contributed by atoms with Gasteiger partial charge in [-0.15, -0.1) is 11.3 Å². The lowest BCUT2D eigenvalue weighted by molar-refractivity contribution is 1.16. The Morgan fingerprint density at radius 2 is 0.868 bits per heavy atom. The van der Waals surface area contributed by atoms with Crippen LogP contribution in [0.1, 0.15) is 0 Å². The van der Waals surface area contributed by atoms with E-state index < -0.39 is 0 Å². The van der Waals surface area contributed by atoms with Gasteiger partial charge in [-0.1, -0.05) is 127 Å². The molecule has 4 heterocycles. The minimum Gasteiger partial charge on any atom is -0.309 e. The number of para-hydroxylation sites is 6. The molecule has 53 heavy (non-hydrogen) atoms. The number of aromatic nitrogens is 4. The van der Waals surface area contributed by atoms with Crippen LogP contribution in [0.4, 0.5) is 0 Å². The fourth-order valence-corrected chi connectivity index (χ4v) is 9.06. The van der Waals surface area contributed by atoms with Gasteiger partial charge >= 0.3 is 0 Å². The zero-order chi connectivity index (χ0) is 34.9. The second kappa shape index (κ2) is 11.9. The van der Waals surface area contributed by atoms with E-state index in [9.17, 15) is 0 Å². The van der Waals surface area contributed by atoms with Crippen LogP contribution in [0.25, 0.3) is 98.3 Å². The normalized spacial score (nSPS) is 11.8. The molecule has 0 aliphatic carbocycles. The molecule has 4 aromatic heterocycles. The molecule has 0 aliphatic rings. The van der Waals surface area contributed by atoms with Crippen LogP contribution in [-0.2, 0) is 0 Å². The van der Waals surface area contributed by atoms with Gasteiger partial charge in [-0.3, -0.25) is 0 Å². The summed E-state index contributed by atoms with van der Waals surface area (Å²) in [4.78, 5) is 11.9. The number of rotatable bonds is 5. The summed E-state index contributed by atoms with van der Waals surface area (Å²) < 4.78 is 5.99. The van der Waals surface area contributed by atoms with Crippen LogP contribution < -0.4 is 0 Å². The average molecular weight is 695 g/mol. The van der Waals surface area contributed by atoms with Crippen LogP contribution in [0.15, 0.2) is 182 Å². The minimum absolute atomic E-state index is 0.720. The lowest BCUT2D eigenvalue weighted by Gasteiger charge is -2.14. The fraction of sp³-hybridized carbons (Fsp3) is 0. The van der Waals surface area contributed by atoms with Crippen molar-refractivity contribution >= 4 is 65.0 Å². The van der Waals surface area contributed by atoms with Crippen LogP contribution in [0, 0.1) is 0 Å². The smallest absolute Gasteiger partial charge is 0.170 e. The average Bonchev–Trinajstić information content (AvgIpc) is 3.92. The Morgan fingerprint density at radius 1 is 0.396 bits per heavy atom. The van der Waals surface area contributed by atoms with Gasteiger partial charge in [0.05, 0.1) is 38.3 Å². The summed E-state index contributed by atoms with van der Waals surface area (Å²) in [5.41, 5.74) is 10.7. The van der Waals surface area contributed by atoms with E-state index in [4.69, 9.17) is 9.97 Å². The van der Waals surface area contributed by atoms with E-state index in [0.717, 1.165) is 66.7 Å². The maximum atomic E-state index is 5.43. The topological polar surface area (TPSA) is 35.6 Å². The SMILES string of the molecule is c1ccc(-n2c3ccccc3c3cccc(-c4cc(-c5cccc6c7ccccc7n(-c7ccccc7)c56)nc(-c5cc6ccccc6s5)n4)c32)cc1. The lowest BCUT2D eigenvalue weighted by atomic mass is 10.0. The largest absolute Gasteiger partial charge is 0.309 e. The van der Waals surface area contributed by atoms with E-state index in [2.05, 4.69) is 191 Å². The van der Waals surface area contributed by atoms with Crippen molar-refractivity contribution < 1.29 is 0 Å². The van der Waals surface area contributed by atoms with Gasteiger partial charge in [-0.25, -0.2) is 9.97 Å². The maximum Gasteiger partial charge on any atom is 0.170 e. The van der Waals surface area contributed by atoms with Crippen molar-refractivity contribution in [3.8, 4) is 44.6 Å². The van der Waals surface area contributed by atoms with E-state index in [1.54, 1.807) is 11.3 Å². The monoisotopic (exact) mass is 694 g/mol. The van der Waals surface area contributed by atoms with Gasteiger partial charge in [0.2, 0.25) is 0 Å². The van der Waals surface area contributed by atoms with E-state index in [1.807, 2.05) is 0 Å². The van der Waals surface area contributed by atoms with Crippen molar-refractivity contribution in [3.63, 3.8) is 0 Å². The molecule has 11 rings (SSSR count). The first-order chi connectivity index (χ1) is 26.3. The molecule has 0 saturated heterocycles. The van der Waals surface area contributed by atoms with Crippen LogP contribution >= 0.6 is 11.3 Å². The first-order valence-electron chi connectivity index (χ1n) is 17.8. The van der Waals surface area contributed by atoms with Crippen molar-refractivity contribution in [1.82, 2.24) is 19.1 Å². The Morgan fingerprint density at radius 3 is 1.42 bits per heavy atom. The molecule has 0 radical (unpaired) electrons. The summed E-state index contributed by atoms with van der Waals surface area (Å²) >= 11 is 1.74. The van der Waals surface area contributed by atoms with E-state index in [-0.39, 0.29) is 0 Å². The molecule has 0 atom stereocenters. The van der Waals surface area contributed by atoms with Crippen LogP contribution in [-0.4, -0.2) is 19.1 Å². The van der Waals surface area contributed by atoms with Gasteiger partial charge in [0, 0.05) is 48.7 Å². The van der Waals surface area contributed by atoms with E-state index in [0.29, 0.717) is 0 Å². The van der Waals surface area contributed by atoms with E-state index in [1.165, 1.54) is 31.6 Å². The summed E-state index contributed by atoms with van der Waals surface area (Å²) in [5, 5.41) is 6.00. The molecular formula is C48H30N4S. The predicted molar refractivity (Wildman–Crippen MR) is 222 cm³/mol. The molecule has 7 aromatic carbocycles. The van der Waals surface area contributed by atoms with Crippen molar-refractivity contribution in [3.05, 3.63) is 182 Å². The molecule has 11 aromatic rings. The highest BCUT2D eigenvalue weighted by atomic mass is 32.1. The van der Waals surface area contributed by atoms with Crippen molar-refractivity contribution in [2.75, 3.05) is 0 Å². The van der Waals surface area contributed by atoms with Crippen LogP contribution in [0.5, 0.6) is 0 Å². The predicted octanol–water partition coefficient (Wildman–Crippen LogP) is 12.9. The molecule has 0 unspecified atom stereocenters. The zero-order valence-corrected chi connectivity index (χ0v) is 29.3. The van der Waals surface area contributed by atoms with Crippen molar-refractivity contribution in [2.45, 2.75) is 0 Å². The van der Waals surface area contributed by atoms with Gasteiger partial charge in [0.25, 0.3) is 0 Å². The second-order valence-electron chi connectivity index (χ2n) is 13.4. The third kappa shape index (κ3) is 4.68. The fourth-order valence-electron chi connectivity index (χ4n) is 8.07. The molecule has 5 heteroatoms. The number of hydrogen-bond donors (Lipinski definition) is 0. The van der Waals surface area contributed by atoms with Gasteiger partial charge in [-0.05, 0) is 60.0 Å². The molecule has 0 saturated carbocycles. The number of nitrogens with zero attached hydrogens (tertiary/aromatic N) is 4. The molecule has 0 aliphatic heterocycles.